The standard InChI is InChI=1S/C16H25NO2/c1-17(2)12-14-7-4-5-10-16(14,18)13-8-6-9-15(11-13)19-3/h6,8-9,11,14,18H,4-5,7,10,12H2,1-3H3/t14-,16+/m0/s1/i3D3,10D2,14D. The molecule has 0 spiro atoms. The molecule has 3 nitrogen and oxygen atoms in total. The second kappa shape index (κ2) is 5.93. The Bertz CT molecular complexity index is 621. The van der Waals surface area contributed by atoms with E-state index in [0.29, 0.717) is 12.8 Å². The molecule has 0 unspecified atom stereocenters. The molecule has 0 aliphatic heterocycles. The third-order valence-electron chi connectivity index (χ3n) is 3.42. The van der Waals surface area contributed by atoms with Crippen LogP contribution in [0.4, 0.5) is 0 Å². The third kappa shape index (κ3) is 3.10. The van der Waals surface area contributed by atoms with Crippen LogP contribution < -0.4 is 4.74 Å². The minimum atomic E-state index is -2.64. The van der Waals surface area contributed by atoms with E-state index in [1.807, 2.05) is 0 Å². The number of nitrogens with zero attached hydrogens (tertiary/aromatic N) is 1. The first kappa shape index (κ1) is 8.28. The average Bonchev–Trinajstić information content (AvgIpc) is 2.42. The van der Waals surface area contributed by atoms with Gasteiger partial charge < -0.3 is 14.7 Å². The lowest BCUT2D eigenvalue weighted by atomic mass is 9.71. The van der Waals surface area contributed by atoms with Crippen molar-refractivity contribution in [2.45, 2.75) is 31.2 Å². The van der Waals surface area contributed by atoms with Crippen LogP contribution in [0.2, 0.25) is 0 Å². The summed E-state index contributed by atoms with van der Waals surface area (Å²) in [5.74, 6) is -1.46. The Balaban J connectivity index is 2.55. The van der Waals surface area contributed by atoms with Gasteiger partial charge in [0.05, 0.1) is 16.8 Å². The van der Waals surface area contributed by atoms with E-state index in [2.05, 4.69) is 0 Å². The smallest absolute Gasteiger partial charge is 0.119 e. The van der Waals surface area contributed by atoms with Crippen molar-refractivity contribution in [3.8, 4) is 5.75 Å². The van der Waals surface area contributed by atoms with E-state index in [-0.39, 0.29) is 24.3 Å². The molecule has 1 aromatic rings. The maximum atomic E-state index is 11.5. The van der Waals surface area contributed by atoms with E-state index in [1.165, 1.54) is 24.3 Å². The van der Waals surface area contributed by atoms with E-state index in [9.17, 15) is 5.11 Å². The van der Waals surface area contributed by atoms with Gasteiger partial charge in [0, 0.05) is 16.6 Å². The molecule has 0 saturated heterocycles. The summed E-state index contributed by atoms with van der Waals surface area (Å²) in [4.78, 5) is 1.75. The van der Waals surface area contributed by atoms with E-state index < -0.39 is 24.9 Å². The fourth-order valence-electron chi connectivity index (χ4n) is 2.54. The second-order valence-corrected chi connectivity index (χ2v) is 5.21. The van der Waals surface area contributed by atoms with Crippen LogP contribution in [0.15, 0.2) is 24.3 Å². The van der Waals surface area contributed by atoms with Gasteiger partial charge in [-0.25, -0.2) is 0 Å². The molecular weight excluding hydrogens is 238 g/mol. The van der Waals surface area contributed by atoms with Crippen LogP contribution in [0.5, 0.6) is 5.75 Å². The molecule has 3 heteroatoms. The van der Waals surface area contributed by atoms with Gasteiger partial charge in [-0.15, -0.1) is 0 Å². The van der Waals surface area contributed by atoms with Crippen LogP contribution >= 0.6 is 0 Å². The van der Waals surface area contributed by atoms with Gasteiger partial charge in [-0.2, -0.15) is 0 Å². The van der Waals surface area contributed by atoms with Crippen molar-refractivity contribution in [3.63, 3.8) is 0 Å². The van der Waals surface area contributed by atoms with Crippen LogP contribution in [-0.2, 0) is 5.60 Å². The summed E-state index contributed by atoms with van der Waals surface area (Å²) in [6.45, 7) is 0.174. The molecule has 0 aromatic heterocycles. The molecular formula is C16H25NO2. The first-order valence-corrected chi connectivity index (χ1v) is 6.47. The van der Waals surface area contributed by atoms with Crippen molar-refractivity contribution < 1.29 is 18.1 Å². The monoisotopic (exact) mass is 269 g/mol. The molecule has 1 fully saturated rings. The van der Waals surface area contributed by atoms with E-state index in [4.69, 9.17) is 13.0 Å². The Morgan fingerprint density at radius 1 is 1.58 bits per heavy atom. The Morgan fingerprint density at radius 3 is 3.16 bits per heavy atom. The van der Waals surface area contributed by atoms with Gasteiger partial charge in [-0.1, -0.05) is 25.0 Å². The molecule has 0 radical (unpaired) electrons. The fraction of sp³-hybridized carbons (Fsp3) is 0.625. The molecule has 1 aliphatic rings. The normalized spacial score (nSPS) is 39.4. The van der Waals surface area contributed by atoms with Crippen LogP contribution in [0, 0.1) is 5.89 Å². The molecule has 2 rings (SSSR count). The molecule has 19 heavy (non-hydrogen) atoms. The highest BCUT2D eigenvalue weighted by Crippen LogP contribution is 2.42. The largest absolute Gasteiger partial charge is 0.497 e. The number of benzene rings is 1. The predicted molar refractivity (Wildman–Crippen MR) is 77.4 cm³/mol. The molecule has 0 heterocycles. The summed E-state index contributed by atoms with van der Waals surface area (Å²) in [5.41, 5.74) is -1.92. The Hall–Kier alpha value is -1.06. The van der Waals surface area contributed by atoms with Gasteiger partial charge in [0.25, 0.3) is 0 Å². The molecule has 0 bridgehead atoms. The van der Waals surface area contributed by atoms with E-state index in [0.717, 1.165) is 0 Å². The lowest BCUT2D eigenvalue weighted by Gasteiger charge is -2.41. The Kier molecular flexibility index (Phi) is 2.58. The maximum absolute atomic E-state index is 11.5. The quantitative estimate of drug-likeness (QED) is 0.912. The lowest BCUT2D eigenvalue weighted by Crippen LogP contribution is -2.43. The van der Waals surface area contributed by atoms with Gasteiger partial charge in [0.1, 0.15) is 5.75 Å². The highest BCUT2D eigenvalue weighted by Gasteiger charge is 2.40. The number of methoxy groups -OCH3 is 1. The minimum absolute atomic E-state index is 0.0134. The number of rotatable bonds is 4. The topological polar surface area (TPSA) is 32.7 Å². The second-order valence-electron chi connectivity index (χ2n) is 5.21. The fourth-order valence-corrected chi connectivity index (χ4v) is 2.54. The minimum Gasteiger partial charge on any atom is -0.497 e. The molecule has 106 valence electrons. The first-order chi connectivity index (χ1) is 11.3. The molecule has 1 aromatic carbocycles. The Labute approximate surface area is 124 Å². The molecule has 1 aliphatic carbocycles. The van der Waals surface area contributed by atoms with Gasteiger partial charge in [-0.3, -0.25) is 0 Å². The number of hydrogen-bond acceptors (Lipinski definition) is 3. The summed E-state index contributed by atoms with van der Waals surface area (Å²) in [6.07, 6.45) is -1.06. The van der Waals surface area contributed by atoms with Crippen molar-refractivity contribution in [2.75, 3.05) is 27.7 Å². The molecule has 0 amide bonds. The van der Waals surface area contributed by atoms with Gasteiger partial charge >= 0.3 is 0 Å². The number of hydrogen-bond donors (Lipinski definition) is 1. The summed E-state index contributed by atoms with van der Waals surface area (Å²) in [5, 5.41) is 11.5. The molecule has 1 N–H and O–H groups in total. The number of ether oxygens (including phenoxy) is 1. The number of aliphatic hydroxyl groups is 1. The van der Waals surface area contributed by atoms with E-state index in [1.54, 1.807) is 19.0 Å². The van der Waals surface area contributed by atoms with Crippen LogP contribution in [-0.4, -0.2) is 37.7 Å². The zero-order valence-corrected chi connectivity index (χ0v) is 11.4. The van der Waals surface area contributed by atoms with Crippen LogP contribution in [0.1, 0.15) is 39.4 Å². The lowest BCUT2D eigenvalue weighted by molar-refractivity contribution is -0.0619. The maximum Gasteiger partial charge on any atom is 0.119 e. The van der Waals surface area contributed by atoms with Crippen molar-refractivity contribution in [1.29, 1.82) is 0 Å². The van der Waals surface area contributed by atoms with Gasteiger partial charge in [-0.05, 0) is 44.6 Å². The summed E-state index contributed by atoms with van der Waals surface area (Å²) >= 11 is 0. The van der Waals surface area contributed by atoms with Crippen molar-refractivity contribution >= 4 is 0 Å². The first-order valence-electron chi connectivity index (χ1n) is 9.47. The molecule has 1 saturated carbocycles. The van der Waals surface area contributed by atoms with Crippen molar-refractivity contribution in [3.05, 3.63) is 29.8 Å². The Morgan fingerprint density at radius 2 is 2.42 bits per heavy atom. The van der Waals surface area contributed by atoms with Gasteiger partial charge in [0.2, 0.25) is 0 Å². The SMILES string of the molecule is [2H]C([2H])([2H])Oc1cccc([C@]2(O)C([2H])([2H])CCC[C@@]2([2H])CN(C)C)c1. The zero-order chi connectivity index (χ0) is 19.1. The van der Waals surface area contributed by atoms with Crippen molar-refractivity contribution in [2.24, 2.45) is 5.89 Å². The van der Waals surface area contributed by atoms with E-state index >= 15 is 0 Å². The summed E-state index contributed by atoms with van der Waals surface area (Å²) in [6, 6.07) is 5.80. The van der Waals surface area contributed by atoms with Crippen LogP contribution in [0.3, 0.4) is 0 Å². The van der Waals surface area contributed by atoms with Crippen molar-refractivity contribution in [1.82, 2.24) is 4.90 Å². The zero-order valence-electron chi connectivity index (χ0n) is 17.4. The average molecular weight is 269 g/mol. The summed E-state index contributed by atoms with van der Waals surface area (Å²) < 4.78 is 52.2. The summed E-state index contributed by atoms with van der Waals surface area (Å²) in [7, 11) is 0.901. The predicted octanol–water partition coefficient (Wildman–Crippen LogP) is 2.63. The van der Waals surface area contributed by atoms with Gasteiger partial charge in [0.15, 0.2) is 0 Å². The highest BCUT2D eigenvalue weighted by atomic mass is 16.5. The third-order valence-corrected chi connectivity index (χ3v) is 3.42. The van der Waals surface area contributed by atoms with Crippen LogP contribution in [0.25, 0.3) is 0 Å². The highest BCUT2D eigenvalue weighted by molar-refractivity contribution is 5.33. The molecule has 2 atom stereocenters.